The first-order valence-corrected chi connectivity index (χ1v) is 3.39. The molecule has 0 amide bonds. The van der Waals surface area contributed by atoms with Gasteiger partial charge in [0.2, 0.25) is 0 Å². The molecule has 0 saturated carbocycles. The SMILES string of the molecule is CNC(=NN)c1ccccc1. The first kappa shape index (κ1) is 7.60. The van der Waals surface area contributed by atoms with Crippen LogP contribution in [0.25, 0.3) is 0 Å². The lowest BCUT2D eigenvalue weighted by Gasteiger charge is -2.01. The molecule has 3 heteroatoms. The van der Waals surface area contributed by atoms with Crippen LogP contribution < -0.4 is 11.2 Å². The molecule has 0 aromatic heterocycles. The summed E-state index contributed by atoms with van der Waals surface area (Å²) >= 11 is 0. The van der Waals surface area contributed by atoms with Crippen LogP contribution >= 0.6 is 0 Å². The Balaban J connectivity index is 2.92. The van der Waals surface area contributed by atoms with Gasteiger partial charge < -0.3 is 11.2 Å². The first-order valence-electron chi connectivity index (χ1n) is 3.39. The summed E-state index contributed by atoms with van der Waals surface area (Å²) < 4.78 is 0. The average molecular weight is 149 g/mol. The van der Waals surface area contributed by atoms with Gasteiger partial charge in [-0.3, -0.25) is 0 Å². The first-order chi connectivity index (χ1) is 5.38. The van der Waals surface area contributed by atoms with Crippen molar-refractivity contribution in [2.45, 2.75) is 0 Å². The fourth-order valence-corrected chi connectivity index (χ4v) is 0.879. The molecule has 0 saturated heterocycles. The molecule has 0 atom stereocenters. The normalized spacial score (nSPS) is 11.2. The van der Waals surface area contributed by atoms with Crippen LogP contribution in [-0.4, -0.2) is 12.9 Å². The van der Waals surface area contributed by atoms with Gasteiger partial charge in [-0.2, -0.15) is 5.10 Å². The molecule has 11 heavy (non-hydrogen) atoms. The molecule has 0 aliphatic rings. The number of nitrogens with one attached hydrogen (secondary N) is 1. The molecule has 1 rings (SSSR count). The number of hydrogen-bond donors (Lipinski definition) is 2. The Morgan fingerprint density at radius 2 is 2.00 bits per heavy atom. The average Bonchev–Trinajstić information content (AvgIpc) is 2.09. The van der Waals surface area contributed by atoms with Gasteiger partial charge >= 0.3 is 0 Å². The molecule has 58 valence electrons. The summed E-state index contributed by atoms with van der Waals surface area (Å²) in [5.41, 5.74) is 0.998. The summed E-state index contributed by atoms with van der Waals surface area (Å²) in [6.07, 6.45) is 0. The van der Waals surface area contributed by atoms with E-state index in [0.29, 0.717) is 5.84 Å². The fraction of sp³-hybridized carbons (Fsp3) is 0.125. The van der Waals surface area contributed by atoms with Gasteiger partial charge in [0, 0.05) is 12.6 Å². The largest absolute Gasteiger partial charge is 0.371 e. The van der Waals surface area contributed by atoms with Crippen LogP contribution in [-0.2, 0) is 0 Å². The van der Waals surface area contributed by atoms with E-state index in [2.05, 4.69) is 10.4 Å². The van der Waals surface area contributed by atoms with Gasteiger partial charge in [0.1, 0.15) is 0 Å². The maximum atomic E-state index is 5.14. The highest BCUT2D eigenvalue weighted by molar-refractivity contribution is 5.98. The maximum Gasteiger partial charge on any atom is 0.152 e. The highest BCUT2D eigenvalue weighted by Crippen LogP contribution is 1.97. The van der Waals surface area contributed by atoms with E-state index in [1.165, 1.54) is 0 Å². The predicted molar refractivity (Wildman–Crippen MR) is 46.2 cm³/mol. The van der Waals surface area contributed by atoms with E-state index < -0.39 is 0 Å². The maximum absolute atomic E-state index is 5.14. The van der Waals surface area contributed by atoms with Crippen LogP contribution in [0.4, 0.5) is 0 Å². The third kappa shape index (κ3) is 1.70. The number of benzene rings is 1. The number of nitrogens with two attached hydrogens (primary N) is 1. The summed E-state index contributed by atoms with van der Waals surface area (Å²) in [6, 6.07) is 9.73. The second-order valence-corrected chi connectivity index (χ2v) is 2.09. The van der Waals surface area contributed by atoms with Crippen LogP contribution in [0.2, 0.25) is 0 Å². The van der Waals surface area contributed by atoms with Crippen LogP contribution in [0.3, 0.4) is 0 Å². The molecule has 0 aliphatic heterocycles. The molecule has 3 nitrogen and oxygen atoms in total. The van der Waals surface area contributed by atoms with Crippen molar-refractivity contribution in [3.8, 4) is 0 Å². The monoisotopic (exact) mass is 149 g/mol. The van der Waals surface area contributed by atoms with Crippen molar-refractivity contribution in [1.82, 2.24) is 5.32 Å². The van der Waals surface area contributed by atoms with E-state index in [9.17, 15) is 0 Å². The number of hydrazone groups is 1. The molecule has 0 fully saturated rings. The molecular formula is C8H11N3. The van der Waals surface area contributed by atoms with Crippen LogP contribution in [0.15, 0.2) is 35.4 Å². The van der Waals surface area contributed by atoms with E-state index >= 15 is 0 Å². The second-order valence-electron chi connectivity index (χ2n) is 2.09. The zero-order chi connectivity index (χ0) is 8.10. The van der Waals surface area contributed by atoms with Gasteiger partial charge in [-0.15, -0.1) is 0 Å². The van der Waals surface area contributed by atoms with Gasteiger partial charge in [0.15, 0.2) is 5.84 Å². The smallest absolute Gasteiger partial charge is 0.152 e. The summed E-state index contributed by atoms with van der Waals surface area (Å²) in [7, 11) is 1.79. The van der Waals surface area contributed by atoms with Crippen LogP contribution in [0, 0.1) is 0 Å². The highest BCUT2D eigenvalue weighted by atomic mass is 15.2. The van der Waals surface area contributed by atoms with E-state index in [4.69, 9.17) is 5.84 Å². The van der Waals surface area contributed by atoms with E-state index in [-0.39, 0.29) is 0 Å². The van der Waals surface area contributed by atoms with E-state index in [0.717, 1.165) is 5.56 Å². The van der Waals surface area contributed by atoms with E-state index in [1.807, 2.05) is 30.3 Å². The Kier molecular flexibility index (Phi) is 2.49. The molecule has 1 aromatic carbocycles. The third-order valence-electron chi connectivity index (χ3n) is 1.41. The van der Waals surface area contributed by atoms with Crippen LogP contribution in [0.1, 0.15) is 5.56 Å². The van der Waals surface area contributed by atoms with Gasteiger partial charge in [-0.1, -0.05) is 30.3 Å². The Hall–Kier alpha value is -1.51. The summed E-state index contributed by atoms with van der Waals surface area (Å²) in [5.74, 6) is 5.84. The van der Waals surface area contributed by atoms with Gasteiger partial charge in [0.25, 0.3) is 0 Å². The molecule has 0 aliphatic carbocycles. The molecule has 3 N–H and O–H groups in total. The van der Waals surface area contributed by atoms with Crippen molar-refractivity contribution in [3.05, 3.63) is 35.9 Å². The van der Waals surface area contributed by atoms with Crippen molar-refractivity contribution in [2.24, 2.45) is 10.9 Å². The lowest BCUT2D eigenvalue weighted by Crippen LogP contribution is -2.20. The second kappa shape index (κ2) is 3.61. The Labute approximate surface area is 65.9 Å². The molecule has 0 radical (unpaired) electrons. The molecule has 0 heterocycles. The predicted octanol–water partition coefficient (Wildman–Crippen LogP) is 0.526. The quantitative estimate of drug-likeness (QED) is 0.265. The minimum Gasteiger partial charge on any atom is -0.371 e. The van der Waals surface area contributed by atoms with Crippen molar-refractivity contribution in [3.63, 3.8) is 0 Å². The number of rotatable bonds is 1. The van der Waals surface area contributed by atoms with Gasteiger partial charge in [-0.25, -0.2) is 0 Å². The highest BCUT2D eigenvalue weighted by Gasteiger charge is 1.96. The Morgan fingerprint density at radius 1 is 1.36 bits per heavy atom. The van der Waals surface area contributed by atoms with Crippen molar-refractivity contribution >= 4 is 5.84 Å². The number of hydrogen-bond acceptors (Lipinski definition) is 2. The lowest BCUT2D eigenvalue weighted by atomic mass is 10.2. The van der Waals surface area contributed by atoms with Gasteiger partial charge in [0.05, 0.1) is 0 Å². The zero-order valence-corrected chi connectivity index (χ0v) is 6.41. The summed E-state index contributed by atoms with van der Waals surface area (Å²) in [5, 5.41) is 6.48. The minimum atomic E-state index is 0.700. The fourth-order valence-electron chi connectivity index (χ4n) is 0.879. The standard InChI is InChI=1S/C8H11N3/c1-10-8(11-9)7-5-3-2-4-6-7/h2-6H,9H2,1H3,(H,10,11). The minimum absolute atomic E-state index is 0.700. The lowest BCUT2D eigenvalue weighted by molar-refractivity contribution is 1.11. The molecule has 0 bridgehead atoms. The molecule has 1 aromatic rings. The Morgan fingerprint density at radius 3 is 2.45 bits per heavy atom. The molecule has 0 spiro atoms. The van der Waals surface area contributed by atoms with Crippen LogP contribution in [0.5, 0.6) is 0 Å². The summed E-state index contributed by atoms with van der Waals surface area (Å²) in [4.78, 5) is 0. The number of amidine groups is 1. The number of nitrogens with zero attached hydrogens (tertiary/aromatic N) is 1. The Bertz CT molecular complexity index is 241. The van der Waals surface area contributed by atoms with Crippen molar-refractivity contribution < 1.29 is 0 Å². The van der Waals surface area contributed by atoms with Crippen molar-refractivity contribution in [1.29, 1.82) is 0 Å². The topological polar surface area (TPSA) is 50.4 Å². The van der Waals surface area contributed by atoms with E-state index in [1.54, 1.807) is 7.05 Å². The third-order valence-corrected chi connectivity index (χ3v) is 1.41. The molecular weight excluding hydrogens is 138 g/mol. The zero-order valence-electron chi connectivity index (χ0n) is 6.41. The van der Waals surface area contributed by atoms with Crippen molar-refractivity contribution in [2.75, 3.05) is 7.05 Å². The molecule has 0 unspecified atom stereocenters. The van der Waals surface area contributed by atoms with Gasteiger partial charge in [-0.05, 0) is 0 Å². The summed E-state index contributed by atoms with van der Waals surface area (Å²) in [6.45, 7) is 0.